The van der Waals surface area contributed by atoms with E-state index in [4.69, 9.17) is 0 Å². The standard InChI is InChI=1S/C17H17F3N6OS/c1-3-10(4-2)15-24-25-16(28-15)23-14(27)11-9-22-26(13(11)17(18,19)20)12-7-5-6-8-21-12/h5-10H,3-4H2,1-2H3,(H,23,25,27). The van der Waals surface area contributed by atoms with Gasteiger partial charge in [0.15, 0.2) is 11.5 Å². The SMILES string of the molecule is CCC(CC)c1nnc(NC(=O)c2cnn(-c3ccccn3)c2C(F)(F)F)s1. The van der Waals surface area contributed by atoms with E-state index in [-0.39, 0.29) is 16.9 Å². The summed E-state index contributed by atoms with van der Waals surface area (Å²) in [6.45, 7) is 4.02. The number of halogens is 3. The Morgan fingerprint density at radius 3 is 2.61 bits per heavy atom. The van der Waals surface area contributed by atoms with Gasteiger partial charge in [0.1, 0.15) is 5.01 Å². The number of alkyl halides is 3. The van der Waals surface area contributed by atoms with Crippen molar-refractivity contribution in [1.82, 2.24) is 25.0 Å². The van der Waals surface area contributed by atoms with Crippen LogP contribution in [0, 0.1) is 0 Å². The Hall–Kier alpha value is -2.82. The normalized spacial score (nSPS) is 11.8. The molecule has 0 aromatic carbocycles. The largest absolute Gasteiger partial charge is 0.434 e. The van der Waals surface area contributed by atoms with E-state index in [0.29, 0.717) is 4.68 Å². The minimum absolute atomic E-state index is 0.0409. The molecule has 3 rings (SSSR count). The molecule has 28 heavy (non-hydrogen) atoms. The molecule has 11 heteroatoms. The second-order valence-corrected chi connectivity index (χ2v) is 6.93. The molecule has 0 saturated heterocycles. The number of carbonyl (C=O) groups is 1. The van der Waals surface area contributed by atoms with Crippen LogP contribution in [-0.4, -0.2) is 30.9 Å². The Labute approximate surface area is 162 Å². The fourth-order valence-corrected chi connectivity index (χ4v) is 3.70. The maximum atomic E-state index is 13.6. The first kappa shape index (κ1) is 19.9. The molecule has 0 bridgehead atoms. The van der Waals surface area contributed by atoms with Gasteiger partial charge < -0.3 is 0 Å². The molecular formula is C17H17F3N6OS. The molecule has 148 valence electrons. The number of amides is 1. The van der Waals surface area contributed by atoms with Crippen molar-refractivity contribution < 1.29 is 18.0 Å². The summed E-state index contributed by atoms with van der Waals surface area (Å²) in [4.78, 5) is 16.4. The third kappa shape index (κ3) is 4.03. The number of nitrogens with zero attached hydrogens (tertiary/aromatic N) is 5. The summed E-state index contributed by atoms with van der Waals surface area (Å²) in [6, 6.07) is 4.47. The number of aromatic nitrogens is 5. The summed E-state index contributed by atoms with van der Waals surface area (Å²) in [5.41, 5.74) is -1.81. The summed E-state index contributed by atoms with van der Waals surface area (Å²) in [7, 11) is 0. The smallest absolute Gasteiger partial charge is 0.296 e. The number of nitrogens with one attached hydrogen (secondary N) is 1. The van der Waals surface area contributed by atoms with Crippen molar-refractivity contribution >= 4 is 22.4 Å². The minimum Gasteiger partial charge on any atom is -0.296 e. The lowest BCUT2D eigenvalue weighted by atomic mass is 10.1. The molecule has 0 unspecified atom stereocenters. The lowest BCUT2D eigenvalue weighted by molar-refractivity contribution is -0.143. The number of pyridine rings is 1. The lowest BCUT2D eigenvalue weighted by Gasteiger charge is -2.11. The molecule has 0 spiro atoms. The fraction of sp³-hybridized carbons (Fsp3) is 0.353. The predicted octanol–water partition coefficient (Wildman–Crippen LogP) is 4.29. The molecule has 3 aromatic rings. The first-order valence-corrected chi connectivity index (χ1v) is 9.38. The van der Waals surface area contributed by atoms with Crippen LogP contribution in [0.4, 0.5) is 18.3 Å². The summed E-state index contributed by atoms with van der Waals surface area (Å²) in [5.74, 6) is -0.802. The van der Waals surface area contributed by atoms with Gasteiger partial charge >= 0.3 is 6.18 Å². The monoisotopic (exact) mass is 410 g/mol. The van der Waals surface area contributed by atoms with Gasteiger partial charge in [-0.25, -0.2) is 9.67 Å². The van der Waals surface area contributed by atoms with Crippen LogP contribution in [0.1, 0.15) is 53.7 Å². The van der Waals surface area contributed by atoms with Gasteiger partial charge in [-0.15, -0.1) is 10.2 Å². The Morgan fingerprint density at radius 1 is 1.25 bits per heavy atom. The molecule has 1 N–H and O–H groups in total. The van der Waals surface area contributed by atoms with Gasteiger partial charge in [0.2, 0.25) is 5.13 Å². The molecule has 0 aliphatic heterocycles. The van der Waals surface area contributed by atoms with E-state index in [2.05, 4.69) is 25.6 Å². The van der Waals surface area contributed by atoms with E-state index in [0.717, 1.165) is 35.4 Å². The Morgan fingerprint density at radius 2 is 2.00 bits per heavy atom. The molecule has 3 aromatic heterocycles. The van der Waals surface area contributed by atoms with E-state index in [9.17, 15) is 18.0 Å². The van der Waals surface area contributed by atoms with Gasteiger partial charge in [0, 0.05) is 12.1 Å². The van der Waals surface area contributed by atoms with Gasteiger partial charge in [0.05, 0.1) is 11.8 Å². The second kappa shape index (κ2) is 8.05. The predicted molar refractivity (Wildman–Crippen MR) is 97.5 cm³/mol. The first-order chi connectivity index (χ1) is 13.3. The number of hydrogen-bond acceptors (Lipinski definition) is 6. The molecule has 0 radical (unpaired) electrons. The number of rotatable bonds is 6. The molecule has 0 saturated carbocycles. The zero-order chi connectivity index (χ0) is 20.3. The maximum Gasteiger partial charge on any atom is 0.434 e. The van der Waals surface area contributed by atoms with Crippen molar-refractivity contribution in [2.45, 2.75) is 38.8 Å². The highest BCUT2D eigenvalue weighted by Gasteiger charge is 2.41. The van der Waals surface area contributed by atoms with Gasteiger partial charge in [-0.2, -0.15) is 18.3 Å². The molecular weight excluding hydrogens is 393 g/mol. The number of hydrogen-bond donors (Lipinski definition) is 1. The molecule has 0 aliphatic carbocycles. The van der Waals surface area contributed by atoms with Crippen LogP contribution in [0.25, 0.3) is 5.82 Å². The van der Waals surface area contributed by atoms with Crippen LogP contribution in [0.2, 0.25) is 0 Å². The van der Waals surface area contributed by atoms with Crippen LogP contribution in [0.15, 0.2) is 30.6 Å². The Bertz CT molecular complexity index is 949. The van der Waals surface area contributed by atoms with E-state index >= 15 is 0 Å². The Kier molecular flexibility index (Phi) is 5.73. The maximum absolute atomic E-state index is 13.6. The summed E-state index contributed by atoms with van der Waals surface area (Å²) >= 11 is 1.15. The van der Waals surface area contributed by atoms with E-state index in [1.807, 2.05) is 13.8 Å². The van der Waals surface area contributed by atoms with E-state index < -0.39 is 23.3 Å². The zero-order valence-electron chi connectivity index (χ0n) is 15.1. The van der Waals surface area contributed by atoms with Gasteiger partial charge in [-0.05, 0) is 25.0 Å². The fourth-order valence-electron chi connectivity index (χ4n) is 2.69. The third-order valence-corrected chi connectivity index (χ3v) is 5.15. The van der Waals surface area contributed by atoms with E-state index in [1.165, 1.54) is 18.3 Å². The van der Waals surface area contributed by atoms with Crippen molar-refractivity contribution in [2.75, 3.05) is 5.32 Å². The van der Waals surface area contributed by atoms with Crippen LogP contribution in [0.5, 0.6) is 0 Å². The molecule has 0 aliphatic rings. The van der Waals surface area contributed by atoms with Crippen LogP contribution >= 0.6 is 11.3 Å². The highest BCUT2D eigenvalue weighted by molar-refractivity contribution is 7.15. The topological polar surface area (TPSA) is 85.6 Å². The quantitative estimate of drug-likeness (QED) is 0.655. The van der Waals surface area contributed by atoms with Crippen molar-refractivity contribution in [3.8, 4) is 5.82 Å². The number of anilines is 1. The molecule has 1 amide bonds. The molecule has 3 heterocycles. The number of carbonyl (C=O) groups excluding carboxylic acids is 1. The molecule has 0 atom stereocenters. The average molecular weight is 410 g/mol. The van der Waals surface area contributed by atoms with Gasteiger partial charge in [0.25, 0.3) is 5.91 Å². The van der Waals surface area contributed by atoms with Crippen LogP contribution in [-0.2, 0) is 6.18 Å². The van der Waals surface area contributed by atoms with E-state index in [1.54, 1.807) is 6.07 Å². The second-order valence-electron chi connectivity index (χ2n) is 5.92. The van der Waals surface area contributed by atoms with Crippen LogP contribution < -0.4 is 5.32 Å². The van der Waals surface area contributed by atoms with Crippen LogP contribution in [0.3, 0.4) is 0 Å². The summed E-state index contributed by atoms with van der Waals surface area (Å²) in [6.07, 6.45) is -0.877. The summed E-state index contributed by atoms with van der Waals surface area (Å²) < 4.78 is 41.5. The lowest BCUT2D eigenvalue weighted by Crippen LogP contribution is -2.21. The highest BCUT2D eigenvalue weighted by atomic mass is 32.1. The van der Waals surface area contributed by atoms with Crippen molar-refractivity contribution in [2.24, 2.45) is 0 Å². The minimum atomic E-state index is -4.80. The molecule has 0 fully saturated rings. The Balaban J connectivity index is 1.91. The zero-order valence-corrected chi connectivity index (χ0v) is 15.9. The van der Waals surface area contributed by atoms with Gasteiger partial charge in [-0.1, -0.05) is 31.3 Å². The van der Waals surface area contributed by atoms with Gasteiger partial charge in [-0.3, -0.25) is 10.1 Å². The van der Waals surface area contributed by atoms with Crippen molar-refractivity contribution in [3.63, 3.8) is 0 Å². The first-order valence-electron chi connectivity index (χ1n) is 8.56. The molecule has 7 nitrogen and oxygen atoms in total. The third-order valence-electron chi connectivity index (χ3n) is 4.14. The van der Waals surface area contributed by atoms with Crippen molar-refractivity contribution in [1.29, 1.82) is 0 Å². The average Bonchev–Trinajstić information content (AvgIpc) is 3.30. The summed E-state index contributed by atoms with van der Waals surface area (Å²) in [5, 5.41) is 14.9. The highest BCUT2D eigenvalue weighted by Crippen LogP contribution is 2.34. The van der Waals surface area contributed by atoms with Crippen molar-refractivity contribution in [3.05, 3.63) is 46.9 Å².